The molecule has 0 aromatic rings. The van der Waals surface area contributed by atoms with Gasteiger partial charge in [0.2, 0.25) is 0 Å². The first-order valence-electron chi connectivity index (χ1n) is 5.62. The Bertz CT molecular complexity index is 331. The van der Waals surface area contributed by atoms with Crippen LogP contribution in [0.2, 0.25) is 0 Å². The molecule has 1 saturated heterocycles. The second kappa shape index (κ2) is 5.96. The van der Waals surface area contributed by atoms with Crippen LogP contribution >= 0.6 is 16.1 Å². The summed E-state index contributed by atoms with van der Waals surface area (Å²) in [6.07, 6.45) is 0. The molecule has 0 aromatic carbocycles. The smallest absolute Gasteiger partial charge is 0.338 e. The van der Waals surface area contributed by atoms with Crippen molar-refractivity contribution in [1.82, 2.24) is 13.7 Å². The summed E-state index contributed by atoms with van der Waals surface area (Å²) >= 11 is 3.08. The number of hydrogen-bond donors (Lipinski definition) is 2. The van der Waals surface area contributed by atoms with Crippen LogP contribution in [-0.4, -0.2) is 74.4 Å². The number of aliphatic hydroxyl groups is 2. The average molecular weight is 324 g/mol. The molecule has 0 aliphatic carbocycles. The monoisotopic (exact) mass is 323 g/mol. The Morgan fingerprint density at radius 2 is 1.72 bits per heavy atom. The Labute approximate surface area is 114 Å². The third-order valence-corrected chi connectivity index (χ3v) is 4.02. The van der Waals surface area contributed by atoms with Gasteiger partial charge in [0.1, 0.15) is 5.54 Å². The van der Waals surface area contributed by atoms with Crippen LogP contribution in [0, 0.1) is 0 Å². The fourth-order valence-electron chi connectivity index (χ4n) is 1.71. The minimum absolute atomic E-state index is 0.0598. The van der Waals surface area contributed by atoms with E-state index in [1.165, 1.54) is 3.93 Å². The average Bonchev–Trinajstić information content (AvgIpc) is 2.45. The largest absolute Gasteiger partial charge is 0.395 e. The molecule has 8 heteroatoms. The molecule has 0 aromatic heterocycles. The van der Waals surface area contributed by atoms with Crippen LogP contribution in [0.25, 0.3) is 0 Å². The molecule has 104 valence electrons. The molecule has 1 aliphatic rings. The molecule has 3 amide bonds. The number of urea groups is 1. The quantitative estimate of drug-likeness (QED) is 0.512. The number of imide groups is 1. The third-order valence-electron chi connectivity index (χ3n) is 2.83. The van der Waals surface area contributed by atoms with Crippen molar-refractivity contribution in [3.63, 3.8) is 0 Å². The number of carbonyl (C=O) groups is 2. The number of hydrogen-bond acceptors (Lipinski definition) is 5. The second-order valence-electron chi connectivity index (χ2n) is 4.56. The molecule has 1 fully saturated rings. The van der Waals surface area contributed by atoms with Crippen LogP contribution in [0.1, 0.15) is 13.8 Å². The van der Waals surface area contributed by atoms with Gasteiger partial charge in [0.25, 0.3) is 5.91 Å². The highest BCUT2D eigenvalue weighted by Gasteiger charge is 2.50. The fourth-order valence-corrected chi connectivity index (χ4v) is 2.05. The molecule has 0 unspecified atom stereocenters. The van der Waals surface area contributed by atoms with Gasteiger partial charge in [0, 0.05) is 13.1 Å². The second-order valence-corrected chi connectivity index (χ2v) is 5.27. The van der Waals surface area contributed by atoms with Gasteiger partial charge in [0.05, 0.1) is 36.0 Å². The summed E-state index contributed by atoms with van der Waals surface area (Å²) in [7, 11) is 0. The first kappa shape index (κ1) is 15.4. The third kappa shape index (κ3) is 2.82. The molecular formula is C10H18BrN3O4. The number of halogens is 1. The first-order chi connectivity index (χ1) is 8.36. The predicted molar refractivity (Wildman–Crippen MR) is 67.7 cm³/mol. The lowest BCUT2D eigenvalue weighted by Gasteiger charge is -2.25. The molecule has 18 heavy (non-hydrogen) atoms. The van der Waals surface area contributed by atoms with Crippen molar-refractivity contribution in [3.8, 4) is 0 Å². The Kier molecular flexibility index (Phi) is 5.09. The summed E-state index contributed by atoms with van der Waals surface area (Å²) in [5.41, 5.74) is -0.929. The summed E-state index contributed by atoms with van der Waals surface area (Å²) < 4.78 is 1.21. The van der Waals surface area contributed by atoms with Crippen molar-refractivity contribution in [1.29, 1.82) is 0 Å². The van der Waals surface area contributed by atoms with E-state index in [-0.39, 0.29) is 25.8 Å². The van der Waals surface area contributed by atoms with Crippen LogP contribution in [0.5, 0.6) is 0 Å². The topological polar surface area (TPSA) is 84.3 Å². The van der Waals surface area contributed by atoms with Gasteiger partial charge in [-0.15, -0.1) is 0 Å². The van der Waals surface area contributed by atoms with Crippen molar-refractivity contribution >= 4 is 28.1 Å². The predicted octanol–water partition coefficient (Wildman–Crippen LogP) is -0.417. The highest BCUT2D eigenvalue weighted by Crippen LogP contribution is 2.30. The lowest BCUT2D eigenvalue weighted by molar-refractivity contribution is -0.132. The highest BCUT2D eigenvalue weighted by molar-refractivity contribution is 9.07. The molecule has 2 N–H and O–H groups in total. The zero-order valence-corrected chi connectivity index (χ0v) is 12.1. The van der Waals surface area contributed by atoms with Gasteiger partial charge in [0.15, 0.2) is 0 Å². The standard InChI is InChI=1S/C10H18BrN3O4/c1-10(2)8(17)13(9(18)14(10)11)7-12(3-5-15)4-6-16/h15-16H,3-7H2,1-2H3. The van der Waals surface area contributed by atoms with E-state index < -0.39 is 11.6 Å². The summed E-state index contributed by atoms with van der Waals surface area (Å²) in [5, 5.41) is 17.8. The van der Waals surface area contributed by atoms with Gasteiger partial charge in [-0.1, -0.05) is 0 Å². The van der Waals surface area contributed by atoms with Gasteiger partial charge >= 0.3 is 6.03 Å². The Hall–Kier alpha value is -0.700. The molecule has 1 heterocycles. The van der Waals surface area contributed by atoms with Gasteiger partial charge in [-0.05, 0) is 13.8 Å². The summed E-state index contributed by atoms with van der Waals surface area (Å²) in [6, 6.07) is -0.439. The van der Waals surface area contributed by atoms with E-state index in [4.69, 9.17) is 10.2 Å². The van der Waals surface area contributed by atoms with E-state index in [0.29, 0.717) is 13.1 Å². The molecule has 0 atom stereocenters. The van der Waals surface area contributed by atoms with Crippen LogP contribution in [0.15, 0.2) is 0 Å². The Balaban J connectivity index is 2.77. The molecule has 1 rings (SSSR count). The first-order valence-corrected chi connectivity index (χ1v) is 6.33. The number of carbonyl (C=O) groups excluding carboxylic acids is 2. The van der Waals surface area contributed by atoms with E-state index in [2.05, 4.69) is 16.1 Å². The summed E-state index contributed by atoms with van der Waals surface area (Å²) in [4.78, 5) is 26.7. The van der Waals surface area contributed by atoms with Gasteiger partial charge in [-0.3, -0.25) is 9.69 Å². The van der Waals surface area contributed by atoms with E-state index in [0.717, 1.165) is 4.90 Å². The van der Waals surface area contributed by atoms with Gasteiger partial charge in [-0.25, -0.2) is 13.6 Å². The number of amides is 3. The van der Waals surface area contributed by atoms with Crippen molar-refractivity contribution in [3.05, 3.63) is 0 Å². The van der Waals surface area contributed by atoms with E-state index >= 15 is 0 Å². The normalized spacial score (nSPS) is 19.2. The number of rotatable bonds is 6. The van der Waals surface area contributed by atoms with E-state index in [1.54, 1.807) is 18.7 Å². The molecule has 0 saturated carbocycles. The van der Waals surface area contributed by atoms with Gasteiger partial charge in [-0.2, -0.15) is 0 Å². The van der Waals surface area contributed by atoms with Crippen molar-refractivity contribution < 1.29 is 19.8 Å². The zero-order chi connectivity index (χ0) is 13.9. The van der Waals surface area contributed by atoms with Crippen LogP contribution in [0.4, 0.5) is 4.79 Å². The van der Waals surface area contributed by atoms with Gasteiger partial charge < -0.3 is 10.2 Å². The van der Waals surface area contributed by atoms with Crippen LogP contribution < -0.4 is 0 Å². The van der Waals surface area contributed by atoms with Crippen LogP contribution in [0.3, 0.4) is 0 Å². The van der Waals surface area contributed by atoms with Crippen molar-refractivity contribution in [2.24, 2.45) is 0 Å². The summed E-state index contributed by atoms with van der Waals surface area (Å²) in [5.74, 6) is -0.315. The molecular weight excluding hydrogens is 306 g/mol. The Morgan fingerprint density at radius 3 is 2.06 bits per heavy atom. The molecule has 7 nitrogen and oxygen atoms in total. The van der Waals surface area contributed by atoms with E-state index in [1.807, 2.05) is 0 Å². The maximum Gasteiger partial charge on any atom is 0.338 e. The minimum Gasteiger partial charge on any atom is -0.395 e. The molecule has 1 aliphatic heterocycles. The maximum absolute atomic E-state index is 12.1. The number of aliphatic hydroxyl groups excluding tert-OH is 2. The maximum atomic E-state index is 12.1. The molecule has 0 spiro atoms. The lowest BCUT2D eigenvalue weighted by Crippen LogP contribution is -2.45. The molecule has 0 radical (unpaired) electrons. The van der Waals surface area contributed by atoms with Crippen LogP contribution in [-0.2, 0) is 4.79 Å². The zero-order valence-electron chi connectivity index (χ0n) is 10.5. The minimum atomic E-state index is -0.929. The van der Waals surface area contributed by atoms with E-state index in [9.17, 15) is 9.59 Å². The van der Waals surface area contributed by atoms with Crippen molar-refractivity contribution in [2.45, 2.75) is 19.4 Å². The lowest BCUT2D eigenvalue weighted by atomic mass is 10.1. The summed E-state index contributed by atoms with van der Waals surface area (Å²) in [6.45, 7) is 3.73. The number of nitrogens with zero attached hydrogens (tertiary/aromatic N) is 3. The van der Waals surface area contributed by atoms with Crippen molar-refractivity contribution in [2.75, 3.05) is 33.0 Å². The highest BCUT2D eigenvalue weighted by atomic mass is 79.9. The SMILES string of the molecule is CC1(C)C(=O)N(CN(CCO)CCO)C(=O)N1Br. The molecule has 0 bridgehead atoms. The fraction of sp³-hybridized carbons (Fsp3) is 0.800. The Morgan fingerprint density at radius 1 is 1.22 bits per heavy atom.